The van der Waals surface area contributed by atoms with Gasteiger partial charge in [0.25, 0.3) is 0 Å². The van der Waals surface area contributed by atoms with Crippen molar-refractivity contribution in [2.75, 3.05) is 13.2 Å². The zero-order valence-electron chi connectivity index (χ0n) is 33.4. The molecule has 0 bridgehead atoms. The molecule has 1 aromatic heterocycles. The molecule has 0 spiro atoms. The molecule has 302 valence electrons. The summed E-state index contributed by atoms with van der Waals surface area (Å²) in [5.41, 5.74) is 0.951. The standard InChI is InChI=1S/C44H49NO10S2/c1-31-12-21-40(32(2)26-31)57(48,49)55-56(37-17-13-34(14-18-37)51-29-41(46)53-43(3,4)5,38-19-15-35(16-20-38)52-30-42(47)54-44(6,7)8)39-11-9-10-36(27-39)50-28-33-22-24-45-25-23-33/h9-27H,28-30H2,1-8H3. The Kier molecular flexibility index (Phi) is 13.4. The van der Waals surface area contributed by atoms with E-state index in [0.29, 0.717) is 37.5 Å². The maximum atomic E-state index is 14.6. The van der Waals surface area contributed by atoms with E-state index in [1.165, 1.54) is 0 Å². The lowest BCUT2D eigenvalue weighted by molar-refractivity contribution is -0.158. The molecule has 0 aliphatic heterocycles. The van der Waals surface area contributed by atoms with Crippen LogP contribution in [-0.2, 0) is 39.4 Å². The summed E-state index contributed by atoms with van der Waals surface area (Å²) in [6.07, 6.45) is 3.36. The van der Waals surface area contributed by atoms with Crippen LogP contribution in [0.4, 0.5) is 0 Å². The molecule has 5 aromatic rings. The van der Waals surface area contributed by atoms with Crippen LogP contribution in [0.3, 0.4) is 0 Å². The van der Waals surface area contributed by atoms with Crippen LogP contribution in [-0.4, -0.2) is 49.8 Å². The van der Waals surface area contributed by atoms with Gasteiger partial charge in [0.1, 0.15) is 35.1 Å². The Morgan fingerprint density at radius 3 is 1.61 bits per heavy atom. The molecular formula is C44H49NO10S2. The number of hydrogen-bond acceptors (Lipinski definition) is 11. The van der Waals surface area contributed by atoms with Crippen molar-refractivity contribution in [3.8, 4) is 17.2 Å². The molecule has 0 aliphatic carbocycles. The lowest BCUT2D eigenvalue weighted by Crippen LogP contribution is -2.27. The van der Waals surface area contributed by atoms with Crippen molar-refractivity contribution in [2.45, 2.75) is 92.8 Å². The summed E-state index contributed by atoms with van der Waals surface area (Å²) in [7, 11) is -7.66. The molecule has 13 heteroatoms. The number of aryl methyl sites for hydroxylation is 2. The normalized spacial score (nSPS) is 12.4. The van der Waals surface area contributed by atoms with E-state index in [-0.39, 0.29) is 24.7 Å². The molecule has 0 saturated heterocycles. The van der Waals surface area contributed by atoms with Crippen molar-refractivity contribution >= 4 is 32.4 Å². The van der Waals surface area contributed by atoms with E-state index in [0.717, 1.165) is 11.1 Å². The third kappa shape index (κ3) is 11.8. The third-order valence-electron chi connectivity index (χ3n) is 7.95. The molecule has 0 aliphatic rings. The average Bonchev–Trinajstić information content (AvgIpc) is 3.14. The highest BCUT2D eigenvalue weighted by molar-refractivity contribution is 8.33. The highest BCUT2D eigenvalue weighted by Crippen LogP contribution is 2.71. The minimum Gasteiger partial charge on any atom is -0.489 e. The maximum absolute atomic E-state index is 14.6. The van der Waals surface area contributed by atoms with Crippen molar-refractivity contribution in [2.24, 2.45) is 0 Å². The van der Waals surface area contributed by atoms with Crippen molar-refractivity contribution in [1.82, 2.24) is 4.98 Å². The van der Waals surface area contributed by atoms with Crippen LogP contribution in [0.5, 0.6) is 17.2 Å². The molecule has 0 saturated carbocycles. The molecule has 0 fully saturated rings. The Morgan fingerprint density at radius 1 is 0.596 bits per heavy atom. The summed E-state index contributed by atoms with van der Waals surface area (Å²) in [4.78, 5) is 30.5. The fraction of sp³-hybridized carbons (Fsp3) is 0.295. The number of esters is 2. The Bertz CT molecular complexity index is 2190. The van der Waals surface area contributed by atoms with Gasteiger partial charge < -0.3 is 23.7 Å². The molecule has 0 N–H and O–H groups in total. The van der Waals surface area contributed by atoms with E-state index in [2.05, 4.69) is 4.98 Å². The summed E-state index contributed by atoms with van der Waals surface area (Å²) in [5, 5.41) is 0. The second-order valence-corrected chi connectivity index (χ2v) is 19.6. The fourth-order valence-corrected chi connectivity index (χ4v) is 11.1. The first kappa shape index (κ1) is 42.8. The SMILES string of the molecule is Cc1ccc(S(=O)(=O)OS(c2ccc(OCC(=O)OC(C)(C)C)cc2)(c2ccc(OCC(=O)OC(C)(C)C)cc2)c2cccc(OCc3ccncc3)c2)c(C)c1. The molecule has 4 aromatic carbocycles. The van der Waals surface area contributed by atoms with Crippen LogP contribution in [0.2, 0.25) is 0 Å². The van der Waals surface area contributed by atoms with Gasteiger partial charge in [0.2, 0.25) is 0 Å². The van der Waals surface area contributed by atoms with Crippen LogP contribution < -0.4 is 14.2 Å². The summed E-state index contributed by atoms with van der Waals surface area (Å²) >= 11 is 0. The zero-order chi connectivity index (χ0) is 41.4. The van der Waals surface area contributed by atoms with Gasteiger partial charge in [-0.05, 0) is 162 Å². The molecule has 0 amide bonds. The average molecular weight is 816 g/mol. The number of nitrogens with zero attached hydrogens (tertiary/aromatic N) is 1. The largest absolute Gasteiger partial charge is 0.489 e. The molecule has 11 nitrogen and oxygen atoms in total. The molecule has 0 radical (unpaired) electrons. The highest BCUT2D eigenvalue weighted by Gasteiger charge is 2.39. The van der Waals surface area contributed by atoms with Crippen LogP contribution in [0, 0.1) is 13.8 Å². The third-order valence-corrected chi connectivity index (χ3v) is 13.3. The number of pyridine rings is 1. The van der Waals surface area contributed by atoms with Crippen LogP contribution >= 0.6 is 10.3 Å². The Morgan fingerprint density at radius 2 is 1.12 bits per heavy atom. The van der Waals surface area contributed by atoms with Crippen LogP contribution in [0.25, 0.3) is 0 Å². The monoisotopic (exact) mass is 815 g/mol. The lowest BCUT2D eigenvalue weighted by Gasteiger charge is -2.39. The quantitative estimate of drug-likeness (QED) is 0.0936. The summed E-state index contributed by atoms with van der Waals surface area (Å²) in [5.74, 6) is 0.119. The highest BCUT2D eigenvalue weighted by atomic mass is 32.3. The maximum Gasteiger partial charge on any atom is 0.344 e. The van der Waals surface area contributed by atoms with E-state index in [9.17, 15) is 18.0 Å². The number of carbonyl (C=O) groups is 2. The topological polar surface area (TPSA) is 137 Å². The van der Waals surface area contributed by atoms with Crippen molar-refractivity contribution in [1.29, 1.82) is 0 Å². The molecular weight excluding hydrogens is 767 g/mol. The van der Waals surface area contributed by atoms with Gasteiger partial charge in [-0.15, -0.1) is 0 Å². The van der Waals surface area contributed by atoms with Gasteiger partial charge in [0.05, 0.1) is 4.90 Å². The zero-order valence-corrected chi connectivity index (χ0v) is 35.1. The van der Waals surface area contributed by atoms with E-state index in [1.807, 2.05) is 19.1 Å². The van der Waals surface area contributed by atoms with Gasteiger partial charge in [-0.25, -0.2) is 13.2 Å². The fourth-order valence-electron chi connectivity index (χ4n) is 5.65. The van der Waals surface area contributed by atoms with Gasteiger partial charge in [0, 0.05) is 27.1 Å². The van der Waals surface area contributed by atoms with E-state index < -0.39 is 43.6 Å². The first-order chi connectivity index (χ1) is 26.8. The minimum absolute atomic E-state index is 0.0182. The van der Waals surface area contributed by atoms with E-state index in [1.54, 1.807) is 152 Å². The Balaban J connectivity index is 1.63. The first-order valence-corrected chi connectivity index (χ1v) is 21.2. The first-order valence-electron chi connectivity index (χ1n) is 18.2. The molecule has 5 rings (SSSR count). The van der Waals surface area contributed by atoms with Crippen molar-refractivity contribution in [3.05, 3.63) is 132 Å². The summed E-state index contributed by atoms with van der Waals surface area (Å²) < 4.78 is 64.4. The number of ether oxygens (including phenoxy) is 5. The predicted octanol–water partition coefficient (Wildman–Crippen LogP) is 9.32. The van der Waals surface area contributed by atoms with Gasteiger partial charge in [-0.3, -0.25) is 4.98 Å². The van der Waals surface area contributed by atoms with E-state index in [4.69, 9.17) is 27.3 Å². The van der Waals surface area contributed by atoms with Crippen molar-refractivity contribution < 1.29 is 45.3 Å². The number of benzene rings is 4. The van der Waals surface area contributed by atoms with Gasteiger partial charge in [-0.1, -0.05) is 23.8 Å². The van der Waals surface area contributed by atoms with Crippen LogP contribution in [0.1, 0.15) is 58.2 Å². The number of carbonyl (C=O) groups excluding carboxylic acids is 2. The number of aromatic nitrogens is 1. The smallest absolute Gasteiger partial charge is 0.344 e. The van der Waals surface area contributed by atoms with Gasteiger partial charge in [0.15, 0.2) is 13.2 Å². The number of rotatable bonds is 15. The molecule has 0 atom stereocenters. The minimum atomic E-state index is -4.47. The molecule has 1 heterocycles. The van der Waals surface area contributed by atoms with Crippen LogP contribution in [0.15, 0.2) is 135 Å². The van der Waals surface area contributed by atoms with Crippen molar-refractivity contribution in [3.63, 3.8) is 0 Å². The van der Waals surface area contributed by atoms with E-state index >= 15 is 0 Å². The van der Waals surface area contributed by atoms with Gasteiger partial charge >= 0.3 is 22.1 Å². The molecule has 57 heavy (non-hydrogen) atoms. The Labute approximate surface area is 336 Å². The lowest BCUT2D eigenvalue weighted by atomic mass is 10.2. The second kappa shape index (κ2) is 17.8. The number of hydrogen-bond donors (Lipinski definition) is 0. The summed E-state index contributed by atoms with van der Waals surface area (Å²) in [6.45, 7) is 13.8. The second-order valence-electron chi connectivity index (χ2n) is 15.2. The predicted molar refractivity (Wildman–Crippen MR) is 217 cm³/mol. The van der Waals surface area contributed by atoms with Gasteiger partial charge in [-0.2, -0.15) is 8.42 Å². The molecule has 0 unspecified atom stereocenters. The summed E-state index contributed by atoms with van der Waals surface area (Å²) in [6, 6.07) is 29.3. The Hall–Kier alpha value is -5.37.